The number of carbonyl (C=O) groups is 1. The number of nitrogens with one attached hydrogen (secondary N) is 1. The smallest absolute Gasteiger partial charge is 0.244 e. The van der Waals surface area contributed by atoms with E-state index < -0.39 is 0 Å². The molecule has 2 unspecified atom stereocenters. The Balaban J connectivity index is 2.36. The van der Waals surface area contributed by atoms with E-state index in [1.807, 2.05) is 6.92 Å². The van der Waals surface area contributed by atoms with Crippen LogP contribution in [0, 0.1) is 13.8 Å². The Kier molecular flexibility index (Phi) is 3.57. The molecule has 1 aliphatic heterocycles. The molecule has 0 aliphatic carbocycles. The van der Waals surface area contributed by atoms with Gasteiger partial charge < -0.3 is 16.0 Å². The first kappa shape index (κ1) is 12.9. The van der Waals surface area contributed by atoms with Crippen molar-refractivity contribution in [3.63, 3.8) is 0 Å². The Hall–Kier alpha value is -1.55. The largest absolute Gasteiger partial charge is 0.356 e. The average Bonchev–Trinajstić information content (AvgIpc) is 2.26. The third-order valence-corrected chi connectivity index (χ3v) is 3.30. The minimum Gasteiger partial charge on any atom is -0.356 e. The molecule has 1 aromatic carbocycles. The highest BCUT2D eigenvalue weighted by Gasteiger charge is 2.31. The quantitative estimate of drug-likeness (QED) is 0.818. The lowest BCUT2D eigenvalue weighted by Gasteiger charge is -2.39. The number of hydrogen-bond donors (Lipinski definition) is 2. The molecule has 1 aromatic rings. The van der Waals surface area contributed by atoms with Gasteiger partial charge in [-0.3, -0.25) is 4.79 Å². The summed E-state index contributed by atoms with van der Waals surface area (Å²) in [5, 5.41) is 2.95. The van der Waals surface area contributed by atoms with Gasteiger partial charge in [-0.2, -0.15) is 0 Å². The van der Waals surface area contributed by atoms with Gasteiger partial charge in [-0.25, -0.2) is 0 Å². The van der Waals surface area contributed by atoms with Crippen molar-refractivity contribution in [3.05, 3.63) is 29.3 Å². The first-order valence-electron chi connectivity index (χ1n) is 6.36. The second-order valence-corrected chi connectivity index (χ2v) is 5.16. The van der Waals surface area contributed by atoms with E-state index in [1.54, 1.807) is 0 Å². The van der Waals surface area contributed by atoms with Gasteiger partial charge in [0.05, 0.1) is 0 Å². The van der Waals surface area contributed by atoms with Gasteiger partial charge in [-0.05, 0) is 44.0 Å². The van der Waals surface area contributed by atoms with Crippen LogP contribution in [0.4, 0.5) is 5.69 Å². The van der Waals surface area contributed by atoms with E-state index in [1.165, 1.54) is 11.1 Å². The number of aryl methyl sites for hydroxylation is 2. The molecule has 0 spiro atoms. The summed E-state index contributed by atoms with van der Waals surface area (Å²) < 4.78 is 0. The first-order chi connectivity index (χ1) is 8.51. The van der Waals surface area contributed by atoms with Crippen molar-refractivity contribution in [2.75, 3.05) is 18.0 Å². The number of hydrogen-bond acceptors (Lipinski definition) is 3. The molecule has 4 nitrogen and oxygen atoms in total. The Labute approximate surface area is 108 Å². The fraction of sp³-hybridized carbons (Fsp3) is 0.500. The second kappa shape index (κ2) is 4.98. The van der Waals surface area contributed by atoms with Gasteiger partial charge in [-0.1, -0.05) is 6.07 Å². The molecular weight excluding hydrogens is 226 g/mol. The lowest BCUT2D eigenvalue weighted by atomic mass is 10.0. The minimum absolute atomic E-state index is 0.0235. The fourth-order valence-corrected chi connectivity index (χ4v) is 2.58. The van der Waals surface area contributed by atoms with Gasteiger partial charge in [0.2, 0.25) is 5.91 Å². The summed E-state index contributed by atoms with van der Waals surface area (Å²) in [5.74, 6) is 0.0235. The van der Waals surface area contributed by atoms with Gasteiger partial charge >= 0.3 is 0 Å². The zero-order chi connectivity index (χ0) is 13.3. The highest BCUT2D eigenvalue weighted by atomic mass is 16.2. The molecule has 0 bridgehead atoms. The van der Waals surface area contributed by atoms with Gasteiger partial charge in [0.15, 0.2) is 0 Å². The molecule has 0 saturated carbocycles. The van der Waals surface area contributed by atoms with Gasteiger partial charge in [-0.15, -0.1) is 0 Å². The zero-order valence-electron chi connectivity index (χ0n) is 11.2. The van der Waals surface area contributed by atoms with E-state index in [4.69, 9.17) is 5.73 Å². The molecule has 3 N–H and O–H groups in total. The van der Waals surface area contributed by atoms with Crippen LogP contribution >= 0.6 is 0 Å². The highest BCUT2D eigenvalue weighted by Crippen LogP contribution is 2.23. The van der Waals surface area contributed by atoms with E-state index in [2.05, 4.69) is 42.3 Å². The molecule has 2 rings (SSSR count). The van der Waals surface area contributed by atoms with Crippen molar-refractivity contribution in [2.24, 2.45) is 5.73 Å². The Morgan fingerprint density at radius 3 is 2.50 bits per heavy atom. The van der Waals surface area contributed by atoms with Crippen LogP contribution in [-0.4, -0.2) is 31.1 Å². The summed E-state index contributed by atoms with van der Waals surface area (Å²) in [6.45, 7) is 7.30. The fourth-order valence-electron chi connectivity index (χ4n) is 2.58. The van der Waals surface area contributed by atoms with E-state index in [0.29, 0.717) is 6.54 Å². The van der Waals surface area contributed by atoms with Crippen LogP contribution in [0.5, 0.6) is 0 Å². The number of carbonyl (C=O) groups excluding carboxylic acids is 1. The average molecular weight is 247 g/mol. The molecule has 0 radical (unpaired) electrons. The van der Waals surface area contributed by atoms with Crippen LogP contribution in [0.25, 0.3) is 0 Å². The molecule has 2 atom stereocenters. The SMILES string of the molecule is Cc1cc(C)cc(N2CC(C)NC(=O)C2CN)c1. The molecule has 1 aliphatic rings. The van der Waals surface area contributed by atoms with Gasteiger partial charge in [0.25, 0.3) is 0 Å². The highest BCUT2D eigenvalue weighted by molar-refractivity contribution is 5.87. The summed E-state index contributed by atoms with van der Waals surface area (Å²) in [6, 6.07) is 6.25. The van der Waals surface area contributed by atoms with E-state index in [0.717, 1.165) is 12.2 Å². The standard InChI is InChI=1S/C14H21N3O/c1-9-4-10(2)6-12(5-9)17-8-11(3)16-14(18)13(17)7-15/h4-6,11,13H,7-8,15H2,1-3H3,(H,16,18). The van der Waals surface area contributed by atoms with E-state index in [-0.39, 0.29) is 18.0 Å². The van der Waals surface area contributed by atoms with Crippen molar-refractivity contribution < 1.29 is 4.79 Å². The van der Waals surface area contributed by atoms with Crippen LogP contribution in [0.15, 0.2) is 18.2 Å². The molecule has 1 saturated heterocycles. The van der Waals surface area contributed by atoms with Crippen LogP contribution in [0.2, 0.25) is 0 Å². The summed E-state index contributed by atoms with van der Waals surface area (Å²) in [7, 11) is 0. The summed E-state index contributed by atoms with van der Waals surface area (Å²) in [5.41, 5.74) is 9.24. The summed E-state index contributed by atoms with van der Waals surface area (Å²) >= 11 is 0. The minimum atomic E-state index is -0.262. The van der Waals surface area contributed by atoms with Crippen molar-refractivity contribution >= 4 is 11.6 Å². The topological polar surface area (TPSA) is 58.4 Å². The van der Waals surface area contributed by atoms with Crippen molar-refractivity contribution in [3.8, 4) is 0 Å². The van der Waals surface area contributed by atoms with Crippen LogP contribution < -0.4 is 16.0 Å². The predicted octanol–water partition coefficient (Wildman–Crippen LogP) is 0.955. The predicted molar refractivity (Wildman–Crippen MR) is 73.7 cm³/mol. The van der Waals surface area contributed by atoms with Crippen molar-refractivity contribution in [1.82, 2.24) is 5.32 Å². The maximum atomic E-state index is 12.0. The Morgan fingerprint density at radius 1 is 1.33 bits per heavy atom. The lowest BCUT2D eigenvalue weighted by molar-refractivity contribution is -0.123. The normalized spacial score (nSPS) is 24.0. The molecule has 0 aromatic heterocycles. The van der Waals surface area contributed by atoms with E-state index in [9.17, 15) is 4.79 Å². The number of nitrogens with zero attached hydrogens (tertiary/aromatic N) is 1. The van der Waals surface area contributed by atoms with Crippen LogP contribution in [-0.2, 0) is 4.79 Å². The number of benzene rings is 1. The number of anilines is 1. The summed E-state index contributed by atoms with van der Waals surface area (Å²) in [6.07, 6.45) is 0. The number of amides is 1. The maximum Gasteiger partial charge on any atom is 0.244 e. The van der Waals surface area contributed by atoms with E-state index >= 15 is 0 Å². The first-order valence-corrected chi connectivity index (χ1v) is 6.36. The number of piperazine rings is 1. The Morgan fingerprint density at radius 2 is 1.94 bits per heavy atom. The Bertz CT molecular complexity index is 438. The molecule has 4 heteroatoms. The zero-order valence-corrected chi connectivity index (χ0v) is 11.2. The lowest BCUT2D eigenvalue weighted by Crippen LogP contribution is -2.61. The maximum absolute atomic E-state index is 12.0. The summed E-state index contributed by atoms with van der Waals surface area (Å²) in [4.78, 5) is 14.1. The van der Waals surface area contributed by atoms with Crippen molar-refractivity contribution in [1.29, 1.82) is 0 Å². The van der Waals surface area contributed by atoms with Crippen molar-refractivity contribution in [2.45, 2.75) is 32.9 Å². The number of rotatable bonds is 2. The van der Waals surface area contributed by atoms with Gasteiger partial charge in [0, 0.05) is 24.8 Å². The number of nitrogens with two attached hydrogens (primary N) is 1. The molecule has 1 heterocycles. The third kappa shape index (κ3) is 2.48. The molecule has 1 fully saturated rings. The molecule has 18 heavy (non-hydrogen) atoms. The van der Waals surface area contributed by atoms with Gasteiger partial charge in [0.1, 0.15) is 6.04 Å². The molecular formula is C14H21N3O. The molecule has 98 valence electrons. The molecule has 1 amide bonds. The third-order valence-electron chi connectivity index (χ3n) is 3.30. The van der Waals surface area contributed by atoms with Crippen LogP contribution in [0.3, 0.4) is 0 Å². The second-order valence-electron chi connectivity index (χ2n) is 5.16. The monoisotopic (exact) mass is 247 g/mol. The van der Waals surface area contributed by atoms with Crippen LogP contribution in [0.1, 0.15) is 18.1 Å².